The first-order chi connectivity index (χ1) is 12.0. The van der Waals surface area contributed by atoms with Crippen LogP contribution in [0.2, 0.25) is 5.02 Å². The number of methoxy groups -OCH3 is 1. The molecule has 1 aromatic heterocycles. The van der Waals surface area contributed by atoms with Crippen molar-refractivity contribution in [2.24, 2.45) is 0 Å². The van der Waals surface area contributed by atoms with Crippen LogP contribution in [0.3, 0.4) is 0 Å². The number of benzene rings is 1. The number of aryl methyl sites for hydroxylation is 1. The Labute approximate surface area is 155 Å². The van der Waals surface area contributed by atoms with E-state index < -0.39 is 0 Å². The van der Waals surface area contributed by atoms with Gasteiger partial charge in [-0.15, -0.1) is 10.2 Å². The highest BCUT2D eigenvalue weighted by atomic mass is 35.5. The zero-order chi connectivity index (χ0) is 18.0. The monoisotopic (exact) mass is 381 g/mol. The lowest BCUT2D eigenvalue weighted by Gasteiger charge is -2.32. The summed E-state index contributed by atoms with van der Waals surface area (Å²) in [5.41, 5.74) is 4.24. The molecule has 2 atom stereocenters. The maximum atomic E-state index is 12.7. The van der Waals surface area contributed by atoms with Crippen LogP contribution in [-0.4, -0.2) is 39.7 Å². The Morgan fingerprint density at radius 3 is 2.96 bits per heavy atom. The number of halogens is 1. The smallest absolute Gasteiger partial charge is 0.236 e. The van der Waals surface area contributed by atoms with Gasteiger partial charge in [-0.3, -0.25) is 4.79 Å². The summed E-state index contributed by atoms with van der Waals surface area (Å²) in [7, 11) is 1.57. The first kappa shape index (κ1) is 17.9. The van der Waals surface area contributed by atoms with E-state index in [1.807, 2.05) is 26.0 Å². The van der Waals surface area contributed by atoms with Crippen molar-refractivity contribution in [2.45, 2.75) is 36.7 Å². The Hall–Kier alpha value is -1.93. The molecule has 2 heterocycles. The van der Waals surface area contributed by atoms with Crippen LogP contribution in [0.4, 0.5) is 0 Å². The molecule has 7 nitrogen and oxygen atoms in total. The molecule has 1 amide bonds. The molecule has 1 aliphatic heterocycles. The summed E-state index contributed by atoms with van der Waals surface area (Å²) < 4.78 is 7.02. The van der Waals surface area contributed by atoms with Gasteiger partial charge in [0, 0.05) is 6.54 Å². The fourth-order valence-electron chi connectivity index (χ4n) is 2.64. The van der Waals surface area contributed by atoms with Gasteiger partial charge in [0.1, 0.15) is 16.8 Å². The van der Waals surface area contributed by atoms with Crippen LogP contribution in [0.25, 0.3) is 0 Å². The van der Waals surface area contributed by atoms with Gasteiger partial charge in [0.25, 0.3) is 0 Å². The van der Waals surface area contributed by atoms with E-state index in [0.717, 1.165) is 17.8 Å². The maximum absolute atomic E-state index is 12.7. The molecule has 0 unspecified atom stereocenters. The zero-order valence-electron chi connectivity index (χ0n) is 14.2. The maximum Gasteiger partial charge on any atom is 0.236 e. The summed E-state index contributed by atoms with van der Waals surface area (Å²) in [4.78, 5) is 12.7. The van der Waals surface area contributed by atoms with E-state index in [2.05, 4.69) is 20.9 Å². The molecule has 134 valence electrons. The predicted octanol–water partition coefficient (Wildman–Crippen LogP) is 2.53. The van der Waals surface area contributed by atoms with E-state index in [-0.39, 0.29) is 17.2 Å². The van der Waals surface area contributed by atoms with E-state index in [1.54, 1.807) is 17.9 Å². The van der Waals surface area contributed by atoms with Crippen LogP contribution in [0.15, 0.2) is 23.4 Å². The molecule has 3 rings (SSSR count). The number of amides is 1. The highest BCUT2D eigenvalue weighted by molar-refractivity contribution is 8.00. The largest absolute Gasteiger partial charge is 0.495 e. The van der Waals surface area contributed by atoms with Gasteiger partial charge in [-0.1, -0.05) is 36.4 Å². The summed E-state index contributed by atoms with van der Waals surface area (Å²) in [5.74, 6) is 1.30. The van der Waals surface area contributed by atoms with Gasteiger partial charge in [0.15, 0.2) is 0 Å². The van der Waals surface area contributed by atoms with Gasteiger partial charge in [0.05, 0.1) is 18.2 Å². The molecule has 2 N–H and O–H groups in total. The number of aromatic nitrogens is 3. The standard InChI is InChI=1S/C16H20ClN5O2S/c1-4-7-18-15(23)14-13(10-5-6-12(24-3)11(17)8-10)21-22-9(2)19-20-16(22)25-14/h5-6,8,13-14,21H,4,7H2,1-3H3,(H,18,23)/t13-,14+/m1/s1. The molecule has 0 fully saturated rings. The predicted molar refractivity (Wildman–Crippen MR) is 97.8 cm³/mol. The van der Waals surface area contributed by atoms with E-state index in [0.29, 0.717) is 22.5 Å². The fourth-order valence-corrected chi connectivity index (χ4v) is 4.05. The van der Waals surface area contributed by atoms with Gasteiger partial charge < -0.3 is 15.5 Å². The molecule has 0 saturated heterocycles. The van der Waals surface area contributed by atoms with Crippen molar-refractivity contribution in [3.63, 3.8) is 0 Å². The number of hydrogen-bond donors (Lipinski definition) is 2. The SMILES string of the molecule is CCCNC(=O)[C@H]1Sc2nnc(C)n2N[C@@H]1c1ccc(OC)c(Cl)c1. The lowest BCUT2D eigenvalue weighted by Crippen LogP contribution is -2.44. The van der Waals surface area contributed by atoms with Crippen LogP contribution in [0.1, 0.15) is 30.8 Å². The van der Waals surface area contributed by atoms with Crippen molar-refractivity contribution in [3.05, 3.63) is 34.6 Å². The molecule has 25 heavy (non-hydrogen) atoms. The molecule has 2 aromatic rings. The Bertz CT molecular complexity index is 782. The minimum absolute atomic E-state index is 0.0387. The van der Waals surface area contributed by atoms with Gasteiger partial charge in [-0.05, 0) is 31.0 Å². The Morgan fingerprint density at radius 1 is 1.48 bits per heavy atom. The molecule has 9 heteroatoms. The third-order valence-electron chi connectivity index (χ3n) is 3.94. The molecule has 0 radical (unpaired) electrons. The molecular weight excluding hydrogens is 362 g/mol. The molecule has 1 aliphatic rings. The Morgan fingerprint density at radius 2 is 2.28 bits per heavy atom. The van der Waals surface area contributed by atoms with Crippen LogP contribution in [0, 0.1) is 6.92 Å². The van der Waals surface area contributed by atoms with E-state index in [9.17, 15) is 4.79 Å². The highest BCUT2D eigenvalue weighted by Crippen LogP contribution is 2.38. The Balaban J connectivity index is 1.96. The van der Waals surface area contributed by atoms with Crippen molar-refractivity contribution >= 4 is 29.3 Å². The van der Waals surface area contributed by atoms with Crippen LogP contribution >= 0.6 is 23.4 Å². The van der Waals surface area contributed by atoms with Crippen LogP contribution in [0.5, 0.6) is 5.75 Å². The second-order valence-corrected chi connectivity index (χ2v) is 7.21. The lowest BCUT2D eigenvalue weighted by molar-refractivity contribution is -0.120. The third kappa shape index (κ3) is 3.55. The van der Waals surface area contributed by atoms with Gasteiger partial charge >= 0.3 is 0 Å². The summed E-state index contributed by atoms with van der Waals surface area (Å²) in [6, 6.07) is 5.27. The number of carbonyl (C=O) groups is 1. The number of ether oxygens (including phenoxy) is 1. The number of carbonyl (C=O) groups excluding carboxylic acids is 1. The minimum Gasteiger partial charge on any atom is -0.495 e. The number of fused-ring (bicyclic) bond motifs is 1. The average molecular weight is 382 g/mol. The number of hydrogen-bond acceptors (Lipinski definition) is 6. The fraction of sp³-hybridized carbons (Fsp3) is 0.438. The lowest BCUT2D eigenvalue weighted by atomic mass is 10.0. The second-order valence-electron chi connectivity index (χ2n) is 5.70. The van der Waals surface area contributed by atoms with E-state index in [4.69, 9.17) is 16.3 Å². The summed E-state index contributed by atoms with van der Waals surface area (Å²) >= 11 is 7.67. The Kier molecular flexibility index (Phi) is 5.39. The van der Waals surface area contributed by atoms with Crippen molar-refractivity contribution in [2.75, 3.05) is 19.1 Å². The number of thioether (sulfide) groups is 1. The quantitative estimate of drug-likeness (QED) is 0.828. The van der Waals surface area contributed by atoms with Gasteiger partial charge in [-0.25, -0.2) is 4.68 Å². The van der Waals surface area contributed by atoms with Gasteiger partial charge in [0.2, 0.25) is 11.1 Å². The van der Waals surface area contributed by atoms with Crippen molar-refractivity contribution < 1.29 is 9.53 Å². The van der Waals surface area contributed by atoms with Crippen LogP contribution in [-0.2, 0) is 4.79 Å². The first-order valence-electron chi connectivity index (χ1n) is 8.01. The molecule has 0 bridgehead atoms. The third-order valence-corrected chi connectivity index (χ3v) is 5.45. The first-order valence-corrected chi connectivity index (χ1v) is 9.27. The molecule has 0 spiro atoms. The zero-order valence-corrected chi connectivity index (χ0v) is 15.8. The molecular formula is C16H20ClN5O2S. The summed E-state index contributed by atoms with van der Waals surface area (Å²) in [6.07, 6.45) is 0.880. The van der Waals surface area contributed by atoms with Crippen molar-refractivity contribution in [3.8, 4) is 5.75 Å². The average Bonchev–Trinajstić information content (AvgIpc) is 2.98. The minimum atomic E-state index is -0.382. The summed E-state index contributed by atoms with van der Waals surface area (Å²) in [6.45, 7) is 4.52. The molecule has 0 aliphatic carbocycles. The number of rotatable bonds is 5. The molecule has 0 saturated carbocycles. The number of nitrogens with one attached hydrogen (secondary N) is 2. The van der Waals surface area contributed by atoms with Gasteiger partial charge in [-0.2, -0.15) is 0 Å². The van der Waals surface area contributed by atoms with E-state index >= 15 is 0 Å². The topological polar surface area (TPSA) is 81.1 Å². The number of nitrogens with zero attached hydrogens (tertiary/aromatic N) is 3. The van der Waals surface area contributed by atoms with Crippen molar-refractivity contribution in [1.29, 1.82) is 0 Å². The molecule has 1 aromatic carbocycles. The van der Waals surface area contributed by atoms with E-state index in [1.165, 1.54) is 11.8 Å². The normalized spacial score (nSPS) is 19.0. The second kappa shape index (κ2) is 7.53. The van der Waals surface area contributed by atoms with Crippen LogP contribution < -0.4 is 15.5 Å². The highest BCUT2D eigenvalue weighted by Gasteiger charge is 2.37. The summed E-state index contributed by atoms with van der Waals surface area (Å²) in [5, 5.41) is 12.0. The van der Waals surface area contributed by atoms with Crippen molar-refractivity contribution in [1.82, 2.24) is 20.2 Å².